The first kappa shape index (κ1) is 19.4. The third-order valence-electron chi connectivity index (χ3n) is 4.37. The second-order valence-electron chi connectivity index (χ2n) is 6.31. The Balaban J connectivity index is 1.59. The Kier molecular flexibility index (Phi) is 5.07. The van der Waals surface area contributed by atoms with Crippen LogP contribution >= 0.6 is 11.6 Å². The number of carbonyl (C=O) groups excluding carboxylic acids is 1. The number of oxazole rings is 1. The van der Waals surface area contributed by atoms with Crippen LogP contribution in [0.1, 0.15) is 10.4 Å². The maximum atomic E-state index is 12.6. The molecule has 0 bridgehead atoms. The molecule has 1 amide bonds. The minimum Gasteiger partial charge on any atom is -0.497 e. The van der Waals surface area contributed by atoms with E-state index in [1.165, 1.54) is 12.1 Å². The maximum Gasteiger partial charge on any atom is 0.270 e. The number of hydrogen-bond donors (Lipinski definition) is 1. The number of ether oxygens (including phenoxy) is 1. The highest BCUT2D eigenvalue weighted by atomic mass is 35.5. The van der Waals surface area contributed by atoms with E-state index in [1.807, 2.05) is 0 Å². The Morgan fingerprint density at radius 1 is 1.17 bits per heavy atom. The summed E-state index contributed by atoms with van der Waals surface area (Å²) in [6.07, 6.45) is 0. The molecular weight excluding hydrogens is 410 g/mol. The number of halogens is 1. The van der Waals surface area contributed by atoms with Crippen molar-refractivity contribution in [2.75, 3.05) is 12.4 Å². The summed E-state index contributed by atoms with van der Waals surface area (Å²) in [6.45, 7) is 0. The van der Waals surface area contributed by atoms with E-state index in [0.717, 1.165) is 6.07 Å². The lowest BCUT2D eigenvalue weighted by Gasteiger charge is -2.07. The molecule has 1 heterocycles. The van der Waals surface area contributed by atoms with Crippen molar-refractivity contribution in [2.45, 2.75) is 0 Å². The molecule has 1 N–H and O–H groups in total. The minimum absolute atomic E-state index is 0.00856. The number of anilines is 1. The molecule has 0 atom stereocenters. The number of benzene rings is 3. The van der Waals surface area contributed by atoms with Crippen LogP contribution < -0.4 is 10.1 Å². The molecule has 0 aliphatic heterocycles. The molecule has 3 aromatic carbocycles. The lowest BCUT2D eigenvalue weighted by atomic mass is 10.1. The number of nitro benzene ring substituents is 1. The van der Waals surface area contributed by atoms with Crippen molar-refractivity contribution in [3.63, 3.8) is 0 Å². The van der Waals surface area contributed by atoms with Gasteiger partial charge in [0.25, 0.3) is 11.6 Å². The number of nitrogens with one attached hydrogen (secondary N) is 1. The van der Waals surface area contributed by atoms with Gasteiger partial charge < -0.3 is 14.5 Å². The molecule has 4 aromatic rings. The highest BCUT2D eigenvalue weighted by molar-refractivity contribution is 6.34. The smallest absolute Gasteiger partial charge is 0.270 e. The number of non-ortho nitro benzene ring substituents is 1. The summed E-state index contributed by atoms with van der Waals surface area (Å²) in [5.74, 6) is 0.570. The third-order valence-corrected chi connectivity index (χ3v) is 4.68. The predicted molar refractivity (Wildman–Crippen MR) is 112 cm³/mol. The number of hydrogen-bond acceptors (Lipinski definition) is 6. The topological polar surface area (TPSA) is 108 Å². The average Bonchev–Trinajstić information content (AvgIpc) is 3.17. The number of nitrogens with zero attached hydrogens (tertiary/aromatic N) is 2. The number of aromatic nitrogens is 1. The first-order valence-corrected chi connectivity index (χ1v) is 9.13. The van der Waals surface area contributed by atoms with Gasteiger partial charge in [-0.05, 0) is 36.4 Å². The van der Waals surface area contributed by atoms with E-state index < -0.39 is 10.8 Å². The average molecular weight is 424 g/mol. The van der Waals surface area contributed by atoms with Gasteiger partial charge in [-0.25, -0.2) is 4.98 Å². The number of rotatable bonds is 5. The second kappa shape index (κ2) is 7.84. The van der Waals surface area contributed by atoms with Crippen molar-refractivity contribution in [1.29, 1.82) is 0 Å². The van der Waals surface area contributed by atoms with E-state index in [4.69, 9.17) is 20.8 Å². The van der Waals surface area contributed by atoms with E-state index in [0.29, 0.717) is 34.0 Å². The summed E-state index contributed by atoms with van der Waals surface area (Å²) in [7, 11) is 1.57. The largest absolute Gasteiger partial charge is 0.497 e. The van der Waals surface area contributed by atoms with Gasteiger partial charge >= 0.3 is 0 Å². The summed E-state index contributed by atoms with van der Waals surface area (Å²) >= 11 is 6.03. The molecule has 0 saturated heterocycles. The number of methoxy groups -OCH3 is 1. The van der Waals surface area contributed by atoms with Crippen LogP contribution in [0, 0.1) is 10.1 Å². The van der Waals surface area contributed by atoms with Crippen molar-refractivity contribution in [2.24, 2.45) is 0 Å². The van der Waals surface area contributed by atoms with Crippen LogP contribution in [0.3, 0.4) is 0 Å². The van der Waals surface area contributed by atoms with Gasteiger partial charge in [0.2, 0.25) is 5.89 Å². The molecular formula is C21H14ClN3O5. The van der Waals surface area contributed by atoms with Gasteiger partial charge in [0.1, 0.15) is 11.3 Å². The van der Waals surface area contributed by atoms with E-state index in [-0.39, 0.29) is 16.3 Å². The molecule has 150 valence electrons. The molecule has 0 saturated carbocycles. The predicted octanol–water partition coefficient (Wildman–Crippen LogP) is 5.32. The molecule has 0 aliphatic rings. The zero-order valence-electron chi connectivity index (χ0n) is 15.6. The lowest BCUT2D eigenvalue weighted by Crippen LogP contribution is -2.12. The Hall–Kier alpha value is -3.91. The monoisotopic (exact) mass is 423 g/mol. The van der Waals surface area contributed by atoms with Gasteiger partial charge in [-0.3, -0.25) is 14.9 Å². The van der Waals surface area contributed by atoms with Crippen molar-refractivity contribution < 1.29 is 18.9 Å². The van der Waals surface area contributed by atoms with E-state index in [2.05, 4.69) is 10.3 Å². The minimum atomic E-state index is -0.576. The van der Waals surface area contributed by atoms with Gasteiger partial charge in [-0.15, -0.1) is 0 Å². The van der Waals surface area contributed by atoms with Gasteiger partial charge in [0.15, 0.2) is 5.58 Å². The Labute approximate surface area is 175 Å². The molecule has 0 aliphatic carbocycles. The normalized spacial score (nSPS) is 10.7. The molecule has 0 unspecified atom stereocenters. The van der Waals surface area contributed by atoms with Gasteiger partial charge in [-0.2, -0.15) is 0 Å². The van der Waals surface area contributed by atoms with Crippen LogP contribution in [0.5, 0.6) is 5.75 Å². The molecule has 9 heteroatoms. The van der Waals surface area contributed by atoms with E-state index in [1.54, 1.807) is 49.6 Å². The SMILES string of the molecule is COc1ccc2oc(-c3cccc(NC(=O)c4ccc([N+](=O)[O-])cc4Cl)c3)nc2c1. The van der Waals surface area contributed by atoms with Crippen molar-refractivity contribution in [3.05, 3.63) is 81.4 Å². The summed E-state index contributed by atoms with van der Waals surface area (Å²) in [4.78, 5) is 27.3. The standard InChI is InChI=1S/C21H14ClN3O5/c1-29-15-6-8-19-18(11-15)24-21(30-19)12-3-2-4-13(9-12)23-20(26)16-7-5-14(25(27)28)10-17(16)22/h2-11H,1H3,(H,23,26). The van der Waals surface area contributed by atoms with E-state index >= 15 is 0 Å². The van der Waals surface area contributed by atoms with Crippen LogP contribution in [-0.2, 0) is 0 Å². The van der Waals surface area contributed by atoms with Crippen molar-refractivity contribution in [1.82, 2.24) is 4.98 Å². The van der Waals surface area contributed by atoms with Crippen LogP contribution in [0.25, 0.3) is 22.6 Å². The van der Waals surface area contributed by atoms with Gasteiger partial charge in [0, 0.05) is 29.4 Å². The molecule has 8 nitrogen and oxygen atoms in total. The number of carbonyl (C=O) groups is 1. The molecule has 4 rings (SSSR count). The van der Waals surface area contributed by atoms with Crippen molar-refractivity contribution in [3.8, 4) is 17.2 Å². The van der Waals surface area contributed by atoms with Gasteiger partial charge in [0.05, 0.1) is 22.6 Å². The highest BCUT2D eigenvalue weighted by Crippen LogP contribution is 2.29. The fourth-order valence-corrected chi connectivity index (χ4v) is 3.15. The van der Waals surface area contributed by atoms with Crippen molar-refractivity contribution >= 4 is 40.0 Å². The fraction of sp³-hybridized carbons (Fsp3) is 0.0476. The zero-order chi connectivity index (χ0) is 21.3. The fourth-order valence-electron chi connectivity index (χ4n) is 2.89. The third kappa shape index (κ3) is 3.81. The Bertz CT molecular complexity index is 1280. The maximum absolute atomic E-state index is 12.6. The molecule has 0 radical (unpaired) electrons. The summed E-state index contributed by atoms with van der Waals surface area (Å²) in [5, 5.41) is 13.5. The lowest BCUT2D eigenvalue weighted by molar-refractivity contribution is -0.384. The molecule has 1 aromatic heterocycles. The summed E-state index contributed by atoms with van der Waals surface area (Å²) < 4.78 is 11.0. The first-order chi connectivity index (χ1) is 14.4. The summed E-state index contributed by atoms with van der Waals surface area (Å²) in [6, 6.07) is 16.0. The highest BCUT2D eigenvalue weighted by Gasteiger charge is 2.16. The number of amides is 1. The van der Waals surface area contributed by atoms with E-state index in [9.17, 15) is 14.9 Å². The number of nitro groups is 1. The zero-order valence-corrected chi connectivity index (χ0v) is 16.3. The summed E-state index contributed by atoms with van der Waals surface area (Å²) in [5.41, 5.74) is 2.35. The Morgan fingerprint density at radius 2 is 2.00 bits per heavy atom. The van der Waals surface area contributed by atoms with Gasteiger partial charge in [-0.1, -0.05) is 17.7 Å². The number of fused-ring (bicyclic) bond motifs is 1. The van der Waals surface area contributed by atoms with Crippen LogP contribution in [0.4, 0.5) is 11.4 Å². The van der Waals surface area contributed by atoms with Crippen LogP contribution in [-0.4, -0.2) is 22.9 Å². The quantitative estimate of drug-likeness (QED) is 0.344. The molecule has 0 fully saturated rings. The van der Waals surface area contributed by atoms with Crippen LogP contribution in [0.15, 0.2) is 65.1 Å². The Morgan fingerprint density at radius 3 is 2.73 bits per heavy atom. The molecule has 0 spiro atoms. The first-order valence-electron chi connectivity index (χ1n) is 8.75. The van der Waals surface area contributed by atoms with Crippen LogP contribution in [0.2, 0.25) is 5.02 Å². The molecule has 30 heavy (non-hydrogen) atoms. The second-order valence-corrected chi connectivity index (χ2v) is 6.72.